The lowest BCUT2D eigenvalue weighted by Crippen LogP contribution is -2.12. The molecule has 0 aliphatic rings. The third kappa shape index (κ3) is 4.88. The van der Waals surface area contributed by atoms with Crippen LogP contribution in [0.1, 0.15) is 31.2 Å². The van der Waals surface area contributed by atoms with Crippen molar-refractivity contribution in [3.05, 3.63) is 47.5 Å². The number of fused-ring (bicyclic) bond motifs is 1. The van der Waals surface area contributed by atoms with Crippen LogP contribution >= 0.6 is 11.3 Å². The number of hydrogen-bond acceptors (Lipinski definition) is 6. The van der Waals surface area contributed by atoms with Crippen molar-refractivity contribution in [2.45, 2.75) is 37.5 Å². The quantitative estimate of drug-likeness (QED) is 0.423. The van der Waals surface area contributed by atoms with E-state index >= 15 is 0 Å². The normalized spacial score (nSPS) is 11.6. The maximum atomic E-state index is 12.2. The third-order valence-electron chi connectivity index (χ3n) is 4.36. The van der Waals surface area contributed by atoms with Crippen LogP contribution in [0.4, 0.5) is 5.69 Å². The van der Waals surface area contributed by atoms with Gasteiger partial charge in [-0.25, -0.2) is 13.4 Å². The Balaban J connectivity index is 1.52. The molecule has 0 aliphatic carbocycles. The highest BCUT2D eigenvalue weighted by Crippen LogP contribution is 2.27. The van der Waals surface area contributed by atoms with Crippen molar-refractivity contribution in [2.75, 3.05) is 11.1 Å². The number of anilines is 1. The van der Waals surface area contributed by atoms with E-state index in [0.717, 1.165) is 28.1 Å². The van der Waals surface area contributed by atoms with E-state index in [1.807, 2.05) is 24.3 Å². The molecule has 2 N–H and O–H groups in total. The van der Waals surface area contributed by atoms with Gasteiger partial charge in [-0.05, 0) is 49.6 Å². The van der Waals surface area contributed by atoms with Crippen molar-refractivity contribution in [2.24, 2.45) is 0 Å². The topological polar surface area (TPSA) is 96.4 Å². The second kappa shape index (κ2) is 8.70. The van der Waals surface area contributed by atoms with Gasteiger partial charge in [-0.3, -0.25) is 4.79 Å². The Morgan fingerprint density at radius 1 is 1.18 bits per heavy atom. The number of thiazole rings is 1. The molecule has 0 aliphatic heterocycles. The summed E-state index contributed by atoms with van der Waals surface area (Å²) in [6, 6.07) is 11.9. The van der Waals surface area contributed by atoms with E-state index < -0.39 is 9.84 Å². The molecule has 0 spiro atoms. The maximum Gasteiger partial charge on any atom is 0.224 e. The molecule has 3 rings (SSSR count). The van der Waals surface area contributed by atoms with Gasteiger partial charge in [0.1, 0.15) is 5.75 Å². The maximum absolute atomic E-state index is 12.2. The number of amides is 1. The van der Waals surface area contributed by atoms with Crippen LogP contribution in [-0.4, -0.2) is 30.2 Å². The molecule has 0 bridgehead atoms. The predicted molar refractivity (Wildman–Crippen MR) is 112 cm³/mol. The Labute approximate surface area is 168 Å². The summed E-state index contributed by atoms with van der Waals surface area (Å²) in [5.74, 6) is -0.458. The number of benzene rings is 2. The number of phenolic OH excluding ortho intramolecular Hbond substituents is 1. The lowest BCUT2D eigenvalue weighted by molar-refractivity contribution is -0.116. The van der Waals surface area contributed by atoms with Crippen LogP contribution in [-0.2, 0) is 21.1 Å². The largest absolute Gasteiger partial charge is 0.506 e. The van der Waals surface area contributed by atoms with Gasteiger partial charge in [0, 0.05) is 6.42 Å². The van der Waals surface area contributed by atoms with Gasteiger partial charge >= 0.3 is 0 Å². The molecule has 0 fully saturated rings. The van der Waals surface area contributed by atoms with E-state index in [9.17, 15) is 18.3 Å². The number of sulfone groups is 1. The van der Waals surface area contributed by atoms with Gasteiger partial charge in [-0.15, -0.1) is 11.3 Å². The lowest BCUT2D eigenvalue weighted by Gasteiger charge is -2.09. The number of carbonyl (C=O) groups is 1. The predicted octanol–water partition coefficient (Wildman–Crippen LogP) is 4.15. The lowest BCUT2D eigenvalue weighted by atomic mass is 10.2. The average molecular weight is 419 g/mol. The molecular weight excluding hydrogens is 396 g/mol. The molecule has 148 valence electrons. The van der Waals surface area contributed by atoms with E-state index in [1.165, 1.54) is 18.2 Å². The second-order valence-corrected chi connectivity index (χ2v) is 9.81. The number of aromatic hydroxyl groups is 1. The number of hydrogen-bond donors (Lipinski definition) is 2. The summed E-state index contributed by atoms with van der Waals surface area (Å²) in [5.41, 5.74) is 1.11. The van der Waals surface area contributed by atoms with Crippen molar-refractivity contribution in [1.29, 1.82) is 0 Å². The Morgan fingerprint density at radius 2 is 1.96 bits per heavy atom. The number of phenols is 1. The monoisotopic (exact) mass is 418 g/mol. The molecule has 0 saturated carbocycles. The standard InChI is InChI=1S/C20H22N2O4S2/c1-2-28(25,26)14-11-12-17(23)16(13-14)21-19(24)9-5-6-10-20-22-15-7-3-4-8-18(15)27-20/h3-4,7-8,11-13,23H,2,5-6,9-10H2,1H3,(H,21,24). The number of rotatable bonds is 8. The zero-order valence-corrected chi connectivity index (χ0v) is 17.1. The summed E-state index contributed by atoms with van der Waals surface area (Å²) in [7, 11) is -3.40. The number of nitrogens with one attached hydrogen (secondary N) is 1. The summed E-state index contributed by atoms with van der Waals surface area (Å²) >= 11 is 1.67. The highest BCUT2D eigenvalue weighted by atomic mass is 32.2. The molecule has 1 aromatic heterocycles. The van der Waals surface area contributed by atoms with Gasteiger partial charge in [0.05, 0.1) is 31.6 Å². The van der Waals surface area contributed by atoms with Gasteiger partial charge in [0.25, 0.3) is 0 Å². The molecule has 6 nitrogen and oxygen atoms in total. The van der Waals surface area contributed by atoms with Crippen LogP contribution in [0.15, 0.2) is 47.4 Å². The van der Waals surface area contributed by atoms with E-state index in [0.29, 0.717) is 6.42 Å². The Bertz CT molecular complexity index is 1060. The average Bonchev–Trinajstić information content (AvgIpc) is 3.09. The summed E-state index contributed by atoms with van der Waals surface area (Å²) in [6.07, 6.45) is 2.59. The first-order valence-corrected chi connectivity index (χ1v) is 11.6. The smallest absolute Gasteiger partial charge is 0.224 e. The molecule has 1 amide bonds. The SMILES string of the molecule is CCS(=O)(=O)c1ccc(O)c(NC(=O)CCCCc2nc3ccccc3s2)c1. The van der Waals surface area contributed by atoms with Crippen molar-refractivity contribution in [3.63, 3.8) is 0 Å². The molecule has 0 unspecified atom stereocenters. The Morgan fingerprint density at radius 3 is 2.71 bits per heavy atom. The third-order valence-corrected chi connectivity index (χ3v) is 7.19. The van der Waals surface area contributed by atoms with Crippen LogP contribution in [0.3, 0.4) is 0 Å². The minimum absolute atomic E-state index is 0.0447. The van der Waals surface area contributed by atoms with E-state index in [-0.39, 0.29) is 34.4 Å². The first-order valence-electron chi connectivity index (χ1n) is 9.09. The van der Waals surface area contributed by atoms with Crippen LogP contribution in [0, 0.1) is 0 Å². The van der Waals surface area contributed by atoms with Gasteiger partial charge < -0.3 is 10.4 Å². The van der Waals surface area contributed by atoms with E-state index in [1.54, 1.807) is 18.3 Å². The second-order valence-electron chi connectivity index (χ2n) is 6.41. The molecular formula is C20H22N2O4S2. The van der Waals surface area contributed by atoms with Crippen LogP contribution in [0.2, 0.25) is 0 Å². The molecule has 0 radical (unpaired) electrons. The van der Waals surface area contributed by atoms with Crippen molar-refractivity contribution < 1.29 is 18.3 Å². The minimum atomic E-state index is -3.40. The number of aromatic nitrogens is 1. The van der Waals surface area contributed by atoms with Crippen LogP contribution in [0.5, 0.6) is 5.75 Å². The van der Waals surface area contributed by atoms with Crippen LogP contribution < -0.4 is 5.32 Å². The van der Waals surface area contributed by atoms with Crippen molar-refractivity contribution in [1.82, 2.24) is 4.98 Å². The first-order chi connectivity index (χ1) is 13.4. The fourth-order valence-corrected chi connectivity index (χ4v) is 4.69. The Kier molecular flexibility index (Phi) is 6.31. The summed E-state index contributed by atoms with van der Waals surface area (Å²) in [4.78, 5) is 16.8. The summed E-state index contributed by atoms with van der Waals surface area (Å²) in [6.45, 7) is 1.55. The summed E-state index contributed by atoms with van der Waals surface area (Å²) in [5, 5.41) is 13.5. The first kappa shape index (κ1) is 20.3. The number of carbonyl (C=O) groups excluding carboxylic acids is 1. The molecule has 2 aromatic carbocycles. The highest BCUT2D eigenvalue weighted by molar-refractivity contribution is 7.91. The molecule has 0 saturated heterocycles. The van der Waals surface area contributed by atoms with Crippen molar-refractivity contribution in [3.8, 4) is 5.75 Å². The molecule has 1 heterocycles. The zero-order valence-electron chi connectivity index (χ0n) is 15.5. The molecule has 8 heteroatoms. The zero-order chi connectivity index (χ0) is 20.1. The number of nitrogens with zero attached hydrogens (tertiary/aromatic N) is 1. The highest BCUT2D eigenvalue weighted by Gasteiger charge is 2.15. The fraction of sp³-hybridized carbons (Fsp3) is 0.300. The van der Waals surface area contributed by atoms with Crippen molar-refractivity contribution >= 4 is 43.0 Å². The Hall–Kier alpha value is -2.45. The van der Waals surface area contributed by atoms with Gasteiger partial charge in [-0.1, -0.05) is 19.1 Å². The van der Waals surface area contributed by atoms with Gasteiger partial charge in [-0.2, -0.15) is 0 Å². The fourth-order valence-electron chi connectivity index (χ4n) is 2.78. The summed E-state index contributed by atoms with van der Waals surface area (Å²) < 4.78 is 25.1. The van der Waals surface area contributed by atoms with E-state index in [2.05, 4.69) is 10.3 Å². The molecule has 0 atom stereocenters. The minimum Gasteiger partial charge on any atom is -0.506 e. The molecule has 3 aromatic rings. The number of para-hydroxylation sites is 1. The van der Waals surface area contributed by atoms with Gasteiger partial charge in [0.15, 0.2) is 9.84 Å². The number of aryl methyl sites for hydroxylation is 1. The molecule has 28 heavy (non-hydrogen) atoms. The van der Waals surface area contributed by atoms with E-state index in [4.69, 9.17) is 0 Å². The number of unbranched alkanes of at least 4 members (excludes halogenated alkanes) is 1. The van der Waals surface area contributed by atoms with Crippen LogP contribution in [0.25, 0.3) is 10.2 Å². The van der Waals surface area contributed by atoms with Gasteiger partial charge in [0.2, 0.25) is 5.91 Å².